The maximum Gasteiger partial charge on any atom is 0.316 e. The highest BCUT2D eigenvalue weighted by Gasteiger charge is 2.58. The van der Waals surface area contributed by atoms with Crippen LogP contribution in [0.3, 0.4) is 0 Å². The molecule has 20 rings (SSSR count). The Kier molecular flexibility index (Phi) is 25.6. The SMILES string of the molecule is COc1cncc([C@@H]2[C@@H](c3ccccc3)[C@@H](c3ccccc3)[C@@H]2c2cncc(OC)n2)n1.COc1nccc(C2[C@H](c3ccccc3)C(c3ccnc(C)n3)[C@H]2c2ccccc2)n1.COc1nccc(C2[C@H](c3ccccc3)C(c3cncc(C)n3)[C@H]2c2ccccc2)n1.COc1nccc(C2[C@H](c3ccccc3)C(c3cncc(C)n3)[C@H]2c2ccccc2)n1. The van der Waals surface area contributed by atoms with Crippen molar-refractivity contribution < 1.29 is 23.7 Å². The van der Waals surface area contributed by atoms with Crippen LogP contribution in [0, 0.1) is 20.8 Å². The first kappa shape index (κ1) is 82.7. The van der Waals surface area contributed by atoms with E-state index in [1.54, 1.807) is 66.5 Å². The van der Waals surface area contributed by atoms with E-state index in [1.807, 2.05) is 94.5 Å². The normalized spacial score (nSPS) is 22.4. The monoisotopic (exact) mass is 1650 g/mol. The molecule has 8 aromatic heterocycles. The molecule has 4 fully saturated rings. The second-order valence-corrected chi connectivity index (χ2v) is 31.8. The predicted molar refractivity (Wildman–Crippen MR) is 479 cm³/mol. The summed E-state index contributed by atoms with van der Waals surface area (Å²) in [5, 5.41) is 0. The van der Waals surface area contributed by atoms with Crippen molar-refractivity contribution in [2.24, 2.45) is 0 Å². The molecule has 622 valence electrons. The molecule has 0 spiro atoms. The summed E-state index contributed by atoms with van der Waals surface area (Å²) < 4.78 is 26.8. The van der Waals surface area contributed by atoms with Crippen LogP contribution in [0.5, 0.6) is 29.8 Å². The van der Waals surface area contributed by atoms with Crippen LogP contribution >= 0.6 is 0 Å². The Bertz CT molecular complexity index is 5510. The summed E-state index contributed by atoms with van der Waals surface area (Å²) in [6, 6.07) is 94.5. The predicted octanol–water partition coefficient (Wildman–Crippen LogP) is 19.8. The molecule has 8 heterocycles. The molecular formula is C104H96N16O5. The third-order valence-corrected chi connectivity index (χ3v) is 24.9. The van der Waals surface area contributed by atoms with Gasteiger partial charge in [0, 0.05) is 162 Å². The van der Waals surface area contributed by atoms with Gasteiger partial charge in [0.05, 0.1) is 99.2 Å². The van der Waals surface area contributed by atoms with Crippen LogP contribution in [0.15, 0.2) is 341 Å². The van der Waals surface area contributed by atoms with Gasteiger partial charge in [-0.15, -0.1) is 0 Å². The lowest BCUT2D eigenvalue weighted by atomic mass is 9.50. The lowest BCUT2D eigenvalue weighted by Crippen LogP contribution is -2.41. The van der Waals surface area contributed by atoms with Gasteiger partial charge in [-0.1, -0.05) is 243 Å². The molecule has 21 heteroatoms. The quantitative estimate of drug-likeness (QED) is 0.0648. The van der Waals surface area contributed by atoms with E-state index in [1.165, 1.54) is 44.5 Å². The van der Waals surface area contributed by atoms with Crippen molar-refractivity contribution in [3.63, 3.8) is 0 Å². The molecule has 0 saturated heterocycles. The first-order chi connectivity index (χ1) is 61.6. The molecule has 0 N–H and O–H groups in total. The van der Waals surface area contributed by atoms with Crippen molar-refractivity contribution in [3.8, 4) is 29.8 Å². The zero-order valence-corrected chi connectivity index (χ0v) is 70.8. The highest BCUT2D eigenvalue weighted by atomic mass is 16.5. The molecule has 0 radical (unpaired) electrons. The molecule has 0 unspecified atom stereocenters. The van der Waals surface area contributed by atoms with E-state index in [2.05, 4.69) is 276 Å². The van der Waals surface area contributed by atoms with Crippen LogP contribution in [-0.2, 0) is 0 Å². The molecule has 21 nitrogen and oxygen atoms in total. The molecular weight excluding hydrogens is 1550 g/mol. The largest absolute Gasteiger partial charge is 0.480 e. The van der Waals surface area contributed by atoms with Crippen LogP contribution in [0.25, 0.3) is 0 Å². The Hall–Kier alpha value is -14.6. The molecule has 4 aliphatic rings. The van der Waals surface area contributed by atoms with Gasteiger partial charge in [-0.2, -0.15) is 15.0 Å². The summed E-state index contributed by atoms with van der Waals surface area (Å²) in [5.41, 5.74) is 20.0. The van der Waals surface area contributed by atoms with E-state index in [0.29, 0.717) is 29.8 Å². The fourth-order valence-electron chi connectivity index (χ4n) is 19.8. The molecule has 4 saturated carbocycles. The Morgan fingerprint density at radius 3 is 0.624 bits per heavy atom. The summed E-state index contributed by atoms with van der Waals surface area (Å²) in [6.07, 6.45) is 21.6. The standard InChI is InChI=1S/C26H24N4O2.3C26H24N4O/c1-31-21-15-27-13-19(29-21)25-23(17-9-5-3-6-10-17)24(18-11-7-4-8-12-18)26(25)20-14-28-16-22(30-20)32-2;1-17-27-15-13-20(29-17)24-22(18-9-5-3-6-10-18)25(21-14-16-28-26(30-21)31-2)23(24)19-11-7-4-8-12-19;2*1-17-15-27-16-21(29-17)25-22(18-9-5-3-6-10-18)24(20-13-14-28-26(30-20)31-2)23(25)19-11-7-4-8-12-19/h3-16,23-26H,1-2H3;3*3-16,22-25H,1-2H3/t23-,24+,25+,26-;3*22-,23-,24?,25?/m.100/s1. The summed E-state index contributed by atoms with van der Waals surface area (Å²) in [5.74, 6) is 4.86. The average Bonchev–Trinajstić information content (AvgIpc) is 0.804. The number of benzene rings is 8. The highest BCUT2D eigenvalue weighted by Crippen LogP contribution is 2.70. The summed E-state index contributed by atoms with van der Waals surface area (Å²) in [7, 11) is 8.04. The number of hydrogen-bond donors (Lipinski definition) is 0. The smallest absolute Gasteiger partial charge is 0.316 e. The molecule has 0 bridgehead atoms. The van der Waals surface area contributed by atoms with E-state index in [-0.39, 0.29) is 94.7 Å². The number of aryl methyl sites for hydroxylation is 3. The number of ether oxygens (including phenoxy) is 5. The van der Waals surface area contributed by atoms with Gasteiger partial charge in [0.2, 0.25) is 11.8 Å². The second kappa shape index (κ2) is 38.6. The molecule has 0 amide bonds. The van der Waals surface area contributed by atoms with Crippen LogP contribution in [0.1, 0.15) is 202 Å². The van der Waals surface area contributed by atoms with Gasteiger partial charge in [-0.25, -0.2) is 34.9 Å². The van der Waals surface area contributed by atoms with Crippen molar-refractivity contribution in [2.75, 3.05) is 35.5 Å². The Morgan fingerprint density at radius 2 is 0.392 bits per heavy atom. The molecule has 16 aromatic rings. The maximum absolute atomic E-state index is 5.38. The number of rotatable bonds is 21. The summed E-state index contributed by atoms with van der Waals surface area (Å²) >= 11 is 0. The van der Waals surface area contributed by atoms with Gasteiger partial charge >= 0.3 is 18.0 Å². The summed E-state index contributed by atoms with van der Waals surface area (Å²) in [4.78, 5) is 73.1. The number of methoxy groups -OCH3 is 5. The third-order valence-electron chi connectivity index (χ3n) is 24.9. The Morgan fingerprint density at radius 1 is 0.184 bits per heavy atom. The summed E-state index contributed by atoms with van der Waals surface area (Å²) in [6.45, 7) is 5.94. The molecule has 8 aromatic carbocycles. The Labute approximate surface area is 728 Å². The minimum atomic E-state index is 0.0617. The van der Waals surface area contributed by atoms with Crippen molar-refractivity contribution in [1.29, 1.82) is 0 Å². The number of hydrogen-bond acceptors (Lipinski definition) is 21. The van der Waals surface area contributed by atoms with Crippen molar-refractivity contribution in [1.82, 2.24) is 79.7 Å². The molecule has 125 heavy (non-hydrogen) atoms. The van der Waals surface area contributed by atoms with Crippen LogP contribution < -0.4 is 23.7 Å². The van der Waals surface area contributed by atoms with E-state index >= 15 is 0 Å². The molecule has 10 atom stereocenters. The van der Waals surface area contributed by atoms with E-state index in [0.717, 1.165) is 62.8 Å². The van der Waals surface area contributed by atoms with Crippen molar-refractivity contribution in [2.45, 2.75) is 115 Å². The zero-order valence-electron chi connectivity index (χ0n) is 70.8. The first-order valence-electron chi connectivity index (χ1n) is 42.2. The van der Waals surface area contributed by atoms with E-state index < -0.39 is 0 Å². The van der Waals surface area contributed by atoms with E-state index in [4.69, 9.17) is 63.6 Å². The minimum absolute atomic E-state index is 0.0617. The van der Waals surface area contributed by atoms with Crippen molar-refractivity contribution in [3.05, 3.63) is 449 Å². The van der Waals surface area contributed by atoms with Gasteiger partial charge in [0.25, 0.3) is 0 Å². The maximum atomic E-state index is 5.38. The van der Waals surface area contributed by atoms with Gasteiger partial charge in [-0.05, 0) is 89.5 Å². The van der Waals surface area contributed by atoms with Crippen LogP contribution in [0.2, 0.25) is 0 Å². The fraction of sp³-hybridized carbons (Fsp3) is 0.231. The molecule has 4 aliphatic carbocycles. The van der Waals surface area contributed by atoms with Gasteiger partial charge in [-0.3, -0.25) is 29.9 Å². The van der Waals surface area contributed by atoms with Crippen molar-refractivity contribution >= 4 is 0 Å². The Balaban J connectivity index is 0.000000118. The average molecular weight is 1650 g/mol. The van der Waals surface area contributed by atoms with E-state index in [9.17, 15) is 0 Å². The van der Waals surface area contributed by atoms with Gasteiger partial charge in [0.1, 0.15) is 5.82 Å². The minimum Gasteiger partial charge on any atom is -0.480 e. The van der Waals surface area contributed by atoms with Gasteiger partial charge < -0.3 is 23.7 Å². The van der Waals surface area contributed by atoms with Crippen LogP contribution in [-0.4, -0.2) is 115 Å². The lowest BCUT2D eigenvalue weighted by Gasteiger charge is -2.52. The van der Waals surface area contributed by atoms with Gasteiger partial charge in [0.15, 0.2) is 0 Å². The number of aromatic nitrogens is 16. The second-order valence-electron chi connectivity index (χ2n) is 31.8. The first-order valence-corrected chi connectivity index (χ1v) is 42.2. The van der Waals surface area contributed by atoms with Crippen LogP contribution in [0.4, 0.5) is 0 Å². The topological polar surface area (TPSA) is 252 Å². The highest BCUT2D eigenvalue weighted by molar-refractivity contribution is 5.51. The zero-order chi connectivity index (χ0) is 85.5. The fourth-order valence-corrected chi connectivity index (χ4v) is 19.8. The third kappa shape index (κ3) is 17.6. The molecule has 0 aliphatic heterocycles. The number of nitrogens with zero attached hydrogens (tertiary/aromatic N) is 16. The lowest BCUT2D eigenvalue weighted by molar-refractivity contribution is 0.216.